The average Bonchev–Trinajstić information content (AvgIpc) is 2.73. The Morgan fingerprint density at radius 1 is 1.47 bits per heavy atom. The van der Waals surface area contributed by atoms with E-state index in [1.165, 1.54) is 0 Å². The molecule has 0 saturated heterocycles. The molecule has 0 bridgehead atoms. The number of aromatic nitrogens is 4. The first kappa shape index (κ1) is 10.4. The molecule has 2 heterocycles. The maximum atomic E-state index is 10.1. The summed E-state index contributed by atoms with van der Waals surface area (Å²) in [6, 6.07) is 0. The highest BCUT2D eigenvalue weighted by Crippen LogP contribution is 2.26. The van der Waals surface area contributed by atoms with Gasteiger partial charge in [-0.1, -0.05) is 0 Å². The third kappa shape index (κ3) is 1.82. The number of aliphatic hydroxyl groups excluding tert-OH is 1. The second-order valence-corrected chi connectivity index (χ2v) is 4.22. The number of rotatable bonds is 2. The average molecular weight is 271 g/mol. The number of hydrogen-bond acceptors (Lipinski definition) is 3. The highest BCUT2D eigenvalue weighted by molar-refractivity contribution is 9.10. The van der Waals surface area contributed by atoms with E-state index in [2.05, 4.69) is 26.0 Å². The van der Waals surface area contributed by atoms with Crippen LogP contribution in [0, 0.1) is 0 Å². The van der Waals surface area contributed by atoms with Crippen LogP contribution in [-0.2, 0) is 14.1 Å². The van der Waals surface area contributed by atoms with Crippen molar-refractivity contribution in [2.75, 3.05) is 0 Å². The minimum absolute atomic E-state index is 0.613. The van der Waals surface area contributed by atoms with Crippen LogP contribution in [0.5, 0.6) is 0 Å². The second kappa shape index (κ2) is 3.79. The van der Waals surface area contributed by atoms with Crippen LogP contribution in [0.4, 0.5) is 0 Å². The SMILES string of the molecule is Cn1cnc(C(O)c2c(Br)cnn2C)c1. The van der Waals surface area contributed by atoms with Crippen LogP contribution < -0.4 is 0 Å². The van der Waals surface area contributed by atoms with Gasteiger partial charge in [0, 0.05) is 20.3 Å². The first-order valence-electron chi connectivity index (χ1n) is 4.43. The molecule has 0 fully saturated rings. The topological polar surface area (TPSA) is 55.9 Å². The number of halogens is 1. The summed E-state index contributed by atoms with van der Waals surface area (Å²) in [5.41, 5.74) is 1.32. The molecule has 6 heteroatoms. The first-order valence-corrected chi connectivity index (χ1v) is 5.22. The number of imidazole rings is 1. The Morgan fingerprint density at radius 3 is 2.67 bits per heavy atom. The van der Waals surface area contributed by atoms with Gasteiger partial charge in [-0.15, -0.1) is 0 Å². The van der Waals surface area contributed by atoms with Crippen LogP contribution in [-0.4, -0.2) is 24.4 Å². The van der Waals surface area contributed by atoms with E-state index in [-0.39, 0.29) is 0 Å². The van der Waals surface area contributed by atoms with Crippen molar-refractivity contribution < 1.29 is 5.11 Å². The van der Waals surface area contributed by atoms with Crippen LogP contribution in [0.1, 0.15) is 17.5 Å². The van der Waals surface area contributed by atoms with Crippen molar-refractivity contribution >= 4 is 15.9 Å². The van der Waals surface area contributed by atoms with Crippen molar-refractivity contribution in [3.05, 3.63) is 34.6 Å². The van der Waals surface area contributed by atoms with Gasteiger partial charge < -0.3 is 9.67 Å². The lowest BCUT2D eigenvalue weighted by Crippen LogP contribution is -2.07. The van der Waals surface area contributed by atoms with Crippen LogP contribution in [0.25, 0.3) is 0 Å². The maximum Gasteiger partial charge on any atom is 0.140 e. The van der Waals surface area contributed by atoms with Crippen LogP contribution >= 0.6 is 15.9 Å². The highest BCUT2D eigenvalue weighted by atomic mass is 79.9. The fraction of sp³-hybridized carbons (Fsp3) is 0.333. The smallest absolute Gasteiger partial charge is 0.140 e. The molecule has 80 valence electrons. The molecule has 0 aliphatic carbocycles. The quantitative estimate of drug-likeness (QED) is 0.886. The number of aryl methyl sites for hydroxylation is 2. The predicted molar refractivity (Wildman–Crippen MR) is 58.2 cm³/mol. The molecule has 2 rings (SSSR count). The third-order valence-corrected chi connectivity index (χ3v) is 2.81. The van der Waals surface area contributed by atoms with E-state index in [9.17, 15) is 5.11 Å². The fourth-order valence-electron chi connectivity index (χ4n) is 1.44. The Labute approximate surface area is 95.5 Å². The van der Waals surface area contributed by atoms with Gasteiger partial charge in [-0.05, 0) is 15.9 Å². The minimum atomic E-state index is -0.756. The van der Waals surface area contributed by atoms with Crippen molar-refractivity contribution in [3.8, 4) is 0 Å². The van der Waals surface area contributed by atoms with E-state index in [0.29, 0.717) is 11.4 Å². The third-order valence-electron chi connectivity index (χ3n) is 2.20. The van der Waals surface area contributed by atoms with Gasteiger partial charge in [-0.25, -0.2) is 4.98 Å². The molecular weight excluding hydrogens is 260 g/mol. The van der Waals surface area contributed by atoms with Gasteiger partial charge in [0.15, 0.2) is 0 Å². The molecule has 0 radical (unpaired) electrons. The zero-order valence-electron chi connectivity index (χ0n) is 8.42. The van der Waals surface area contributed by atoms with Gasteiger partial charge >= 0.3 is 0 Å². The summed E-state index contributed by atoms with van der Waals surface area (Å²) in [7, 11) is 3.65. The van der Waals surface area contributed by atoms with Crippen LogP contribution in [0.2, 0.25) is 0 Å². The molecule has 0 aliphatic rings. The monoisotopic (exact) mass is 270 g/mol. The first-order chi connectivity index (χ1) is 7.09. The van der Waals surface area contributed by atoms with Crippen molar-refractivity contribution in [1.82, 2.24) is 19.3 Å². The summed E-state index contributed by atoms with van der Waals surface area (Å²) >= 11 is 3.34. The molecule has 5 nitrogen and oxygen atoms in total. The van der Waals surface area contributed by atoms with E-state index in [1.807, 2.05) is 7.05 Å². The van der Waals surface area contributed by atoms with E-state index in [4.69, 9.17) is 0 Å². The summed E-state index contributed by atoms with van der Waals surface area (Å²) in [5, 5.41) is 14.1. The molecule has 2 aromatic rings. The molecule has 2 aromatic heterocycles. The lowest BCUT2D eigenvalue weighted by Gasteiger charge is -2.08. The molecular formula is C9H11BrN4O. The molecule has 0 aliphatic heterocycles. The van der Waals surface area contributed by atoms with E-state index in [0.717, 1.165) is 4.47 Å². The van der Waals surface area contributed by atoms with E-state index < -0.39 is 6.10 Å². The van der Waals surface area contributed by atoms with Crippen molar-refractivity contribution in [2.24, 2.45) is 14.1 Å². The molecule has 0 amide bonds. The molecule has 1 unspecified atom stereocenters. The van der Waals surface area contributed by atoms with Crippen molar-refractivity contribution in [1.29, 1.82) is 0 Å². The van der Waals surface area contributed by atoms with Crippen LogP contribution in [0.15, 0.2) is 23.2 Å². The largest absolute Gasteiger partial charge is 0.380 e. The Balaban J connectivity index is 2.40. The zero-order chi connectivity index (χ0) is 11.0. The molecule has 0 spiro atoms. The second-order valence-electron chi connectivity index (χ2n) is 3.37. The summed E-state index contributed by atoms with van der Waals surface area (Å²) in [4.78, 5) is 4.10. The number of nitrogens with zero attached hydrogens (tertiary/aromatic N) is 4. The molecule has 0 aromatic carbocycles. The van der Waals surface area contributed by atoms with Gasteiger partial charge in [0.25, 0.3) is 0 Å². The number of aliphatic hydroxyl groups is 1. The Kier molecular flexibility index (Phi) is 2.62. The summed E-state index contributed by atoms with van der Waals surface area (Å²) in [6.45, 7) is 0. The number of hydrogen-bond donors (Lipinski definition) is 1. The molecule has 1 N–H and O–H groups in total. The van der Waals surface area contributed by atoms with Gasteiger partial charge in [0.05, 0.1) is 28.4 Å². The van der Waals surface area contributed by atoms with Gasteiger partial charge in [0.1, 0.15) is 6.10 Å². The van der Waals surface area contributed by atoms with Crippen molar-refractivity contribution in [2.45, 2.75) is 6.10 Å². The zero-order valence-corrected chi connectivity index (χ0v) is 10.0. The van der Waals surface area contributed by atoms with E-state index >= 15 is 0 Å². The fourth-order valence-corrected chi connectivity index (χ4v) is 2.01. The van der Waals surface area contributed by atoms with E-state index in [1.54, 1.807) is 35.0 Å². The Hall–Kier alpha value is -1.14. The molecule has 1 atom stereocenters. The Morgan fingerprint density at radius 2 is 2.20 bits per heavy atom. The summed E-state index contributed by atoms with van der Waals surface area (Å²) < 4.78 is 4.20. The minimum Gasteiger partial charge on any atom is -0.380 e. The predicted octanol–water partition coefficient (Wildman–Crippen LogP) is 0.998. The summed E-state index contributed by atoms with van der Waals surface area (Å²) in [5.74, 6) is 0. The Bertz CT molecular complexity index is 457. The summed E-state index contributed by atoms with van der Waals surface area (Å²) in [6.07, 6.45) is 4.34. The lowest BCUT2D eigenvalue weighted by molar-refractivity contribution is 0.204. The van der Waals surface area contributed by atoms with Gasteiger partial charge in [-0.2, -0.15) is 5.10 Å². The van der Waals surface area contributed by atoms with Gasteiger partial charge in [-0.3, -0.25) is 4.68 Å². The molecule has 15 heavy (non-hydrogen) atoms. The lowest BCUT2D eigenvalue weighted by atomic mass is 10.2. The highest BCUT2D eigenvalue weighted by Gasteiger charge is 2.19. The van der Waals surface area contributed by atoms with Crippen LogP contribution in [0.3, 0.4) is 0 Å². The maximum absolute atomic E-state index is 10.1. The van der Waals surface area contributed by atoms with Crippen molar-refractivity contribution in [3.63, 3.8) is 0 Å². The van der Waals surface area contributed by atoms with Gasteiger partial charge in [0.2, 0.25) is 0 Å². The standard InChI is InChI=1S/C9H11BrN4O/c1-13-4-7(11-5-13)9(15)8-6(10)3-12-14(8)2/h3-5,9,15H,1-2H3. The molecule has 0 saturated carbocycles. The normalized spacial score (nSPS) is 13.1.